The van der Waals surface area contributed by atoms with Crippen LogP contribution in [0.5, 0.6) is 0 Å². The minimum Gasteiger partial charge on any atom is -0.377 e. The number of nitrogens with two attached hydrogens (primary N) is 1. The molecular formula is C11H24N2O2. The molecule has 0 radical (unpaired) electrons. The number of nitrogens with one attached hydrogen (secondary N) is 1. The fourth-order valence-corrected chi connectivity index (χ4v) is 1.21. The van der Waals surface area contributed by atoms with E-state index < -0.39 is 0 Å². The first-order chi connectivity index (χ1) is 7.10. The van der Waals surface area contributed by atoms with Crippen molar-refractivity contribution in [1.29, 1.82) is 0 Å². The van der Waals surface area contributed by atoms with E-state index in [1.165, 1.54) is 0 Å². The van der Waals surface area contributed by atoms with Crippen molar-refractivity contribution >= 4 is 5.91 Å². The summed E-state index contributed by atoms with van der Waals surface area (Å²) in [5.74, 6) is 0.371. The molecule has 3 N–H and O–H groups in total. The van der Waals surface area contributed by atoms with Crippen molar-refractivity contribution in [2.45, 2.75) is 39.7 Å². The first kappa shape index (κ1) is 14.4. The zero-order valence-electron chi connectivity index (χ0n) is 10.1. The topological polar surface area (TPSA) is 64.4 Å². The van der Waals surface area contributed by atoms with Crippen molar-refractivity contribution in [2.75, 3.05) is 19.7 Å². The Morgan fingerprint density at radius 1 is 1.47 bits per heavy atom. The van der Waals surface area contributed by atoms with Crippen molar-refractivity contribution in [1.82, 2.24) is 5.32 Å². The van der Waals surface area contributed by atoms with Crippen molar-refractivity contribution in [2.24, 2.45) is 11.7 Å². The Kier molecular flexibility index (Phi) is 8.33. The molecule has 0 aromatic heterocycles. The normalized spacial score (nSPS) is 12.9. The quantitative estimate of drug-likeness (QED) is 0.593. The van der Waals surface area contributed by atoms with Gasteiger partial charge in [-0.05, 0) is 26.3 Å². The molecule has 0 aromatic rings. The highest BCUT2D eigenvalue weighted by molar-refractivity contribution is 5.76. The number of rotatable bonds is 8. The maximum Gasteiger partial charge on any atom is 0.220 e. The Balaban J connectivity index is 3.48. The van der Waals surface area contributed by atoms with Gasteiger partial charge in [0.2, 0.25) is 5.91 Å². The van der Waals surface area contributed by atoms with Gasteiger partial charge in [0.1, 0.15) is 0 Å². The minimum absolute atomic E-state index is 0.0691. The van der Waals surface area contributed by atoms with Crippen LogP contribution in [0.3, 0.4) is 0 Å². The van der Waals surface area contributed by atoms with Crippen molar-refractivity contribution in [3.8, 4) is 0 Å². The van der Waals surface area contributed by atoms with Gasteiger partial charge in [-0.2, -0.15) is 0 Å². The molecule has 0 bridgehead atoms. The Morgan fingerprint density at radius 2 is 2.13 bits per heavy atom. The lowest BCUT2D eigenvalue weighted by Crippen LogP contribution is -2.31. The molecule has 0 saturated heterocycles. The maximum atomic E-state index is 11.4. The van der Waals surface area contributed by atoms with Gasteiger partial charge in [-0.1, -0.05) is 13.3 Å². The number of hydrogen-bond acceptors (Lipinski definition) is 3. The summed E-state index contributed by atoms with van der Waals surface area (Å²) in [6.07, 6.45) is 1.69. The molecule has 1 amide bonds. The van der Waals surface area contributed by atoms with Crippen LogP contribution < -0.4 is 11.1 Å². The van der Waals surface area contributed by atoms with E-state index in [1.807, 2.05) is 20.8 Å². The molecule has 4 nitrogen and oxygen atoms in total. The lowest BCUT2D eigenvalue weighted by atomic mass is 10.0. The van der Waals surface area contributed by atoms with Gasteiger partial charge in [-0.15, -0.1) is 0 Å². The smallest absolute Gasteiger partial charge is 0.220 e. The molecule has 0 aliphatic carbocycles. The Labute approximate surface area is 92.6 Å². The maximum absolute atomic E-state index is 11.4. The van der Waals surface area contributed by atoms with Crippen LogP contribution in [0.1, 0.15) is 33.6 Å². The van der Waals surface area contributed by atoms with E-state index in [0.29, 0.717) is 32.0 Å². The molecule has 0 aliphatic rings. The van der Waals surface area contributed by atoms with E-state index in [1.54, 1.807) is 0 Å². The zero-order valence-corrected chi connectivity index (χ0v) is 10.1. The average Bonchev–Trinajstić information content (AvgIpc) is 2.20. The molecule has 15 heavy (non-hydrogen) atoms. The summed E-state index contributed by atoms with van der Waals surface area (Å²) < 4.78 is 5.31. The summed E-state index contributed by atoms with van der Waals surface area (Å²) in [5.41, 5.74) is 5.52. The fourth-order valence-electron chi connectivity index (χ4n) is 1.21. The second-order valence-corrected chi connectivity index (χ2v) is 3.98. The van der Waals surface area contributed by atoms with Gasteiger partial charge in [0.15, 0.2) is 0 Å². The van der Waals surface area contributed by atoms with Gasteiger partial charge < -0.3 is 15.8 Å². The number of carbonyl (C=O) groups excluding carboxylic acids is 1. The second-order valence-electron chi connectivity index (χ2n) is 3.98. The summed E-state index contributed by atoms with van der Waals surface area (Å²) in [6.45, 7) is 7.73. The van der Waals surface area contributed by atoms with Gasteiger partial charge in [0.25, 0.3) is 0 Å². The van der Waals surface area contributed by atoms with Gasteiger partial charge in [0.05, 0.1) is 12.7 Å². The third kappa shape index (κ3) is 8.39. The largest absolute Gasteiger partial charge is 0.377 e. The molecule has 4 heteroatoms. The number of ether oxygens (including phenoxy) is 1. The van der Waals surface area contributed by atoms with E-state index in [4.69, 9.17) is 10.5 Å². The fraction of sp³-hybridized carbons (Fsp3) is 0.909. The Bertz CT molecular complexity index is 168. The summed E-state index contributed by atoms with van der Waals surface area (Å²) in [5, 5.41) is 2.82. The highest BCUT2D eigenvalue weighted by Gasteiger charge is 2.09. The van der Waals surface area contributed by atoms with Crippen molar-refractivity contribution in [3.63, 3.8) is 0 Å². The molecule has 90 valence electrons. The average molecular weight is 216 g/mol. The highest BCUT2D eigenvalue weighted by atomic mass is 16.5. The predicted molar refractivity (Wildman–Crippen MR) is 61.6 cm³/mol. The van der Waals surface area contributed by atoms with Crippen LogP contribution in [0.25, 0.3) is 0 Å². The predicted octanol–water partition coefficient (Wildman–Crippen LogP) is 0.903. The van der Waals surface area contributed by atoms with Crippen LogP contribution in [0, 0.1) is 5.92 Å². The third-order valence-electron chi connectivity index (χ3n) is 2.26. The molecule has 0 fully saturated rings. The van der Waals surface area contributed by atoms with E-state index in [0.717, 1.165) is 6.42 Å². The standard InChI is InChI=1S/C11H24N2O2/c1-4-10(8-12)7-11(14)13-5-6-15-9(2)3/h9-10H,4-8,12H2,1-3H3,(H,13,14). The van der Waals surface area contributed by atoms with Crippen LogP contribution in [0.2, 0.25) is 0 Å². The van der Waals surface area contributed by atoms with Gasteiger partial charge in [-0.3, -0.25) is 4.79 Å². The summed E-state index contributed by atoms with van der Waals surface area (Å²) in [4.78, 5) is 11.4. The van der Waals surface area contributed by atoms with E-state index in [-0.39, 0.29) is 12.0 Å². The zero-order chi connectivity index (χ0) is 11.7. The van der Waals surface area contributed by atoms with E-state index in [2.05, 4.69) is 5.32 Å². The summed E-state index contributed by atoms with van der Waals surface area (Å²) in [6, 6.07) is 0. The SMILES string of the molecule is CCC(CN)CC(=O)NCCOC(C)C. The molecular weight excluding hydrogens is 192 g/mol. The molecule has 0 rings (SSSR count). The first-order valence-corrected chi connectivity index (χ1v) is 5.68. The monoisotopic (exact) mass is 216 g/mol. The second kappa shape index (κ2) is 8.68. The van der Waals surface area contributed by atoms with Crippen molar-refractivity contribution < 1.29 is 9.53 Å². The summed E-state index contributed by atoms with van der Waals surface area (Å²) >= 11 is 0. The molecule has 1 atom stereocenters. The first-order valence-electron chi connectivity index (χ1n) is 5.68. The molecule has 0 aromatic carbocycles. The third-order valence-corrected chi connectivity index (χ3v) is 2.26. The van der Waals surface area contributed by atoms with Crippen LogP contribution in [-0.4, -0.2) is 31.7 Å². The van der Waals surface area contributed by atoms with Crippen LogP contribution in [0.15, 0.2) is 0 Å². The Morgan fingerprint density at radius 3 is 2.60 bits per heavy atom. The Hall–Kier alpha value is -0.610. The lowest BCUT2D eigenvalue weighted by Gasteiger charge is -2.12. The lowest BCUT2D eigenvalue weighted by molar-refractivity contribution is -0.122. The van der Waals surface area contributed by atoms with Crippen LogP contribution in [-0.2, 0) is 9.53 Å². The highest BCUT2D eigenvalue weighted by Crippen LogP contribution is 2.04. The van der Waals surface area contributed by atoms with Crippen LogP contribution in [0.4, 0.5) is 0 Å². The van der Waals surface area contributed by atoms with Gasteiger partial charge in [0, 0.05) is 13.0 Å². The molecule has 0 heterocycles. The van der Waals surface area contributed by atoms with Gasteiger partial charge in [-0.25, -0.2) is 0 Å². The molecule has 1 unspecified atom stereocenters. The number of hydrogen-bond donors (Lipinski definition) is 2. The molecule has 0 saturated carbocycles. The van der Waals surface area contributed by atoms with Crippen molar-refractivity contribution in [3.05, 3.63) is 0 Å². The number of amides is 1. The molecule has 0 aliphatic heterocycles. The minimum atomic E-state index is 0.0691. The van der Waals surface area contributed by atoms with E-state index in [9.17, 15) is 4.79 Å². The van der Waals surface area contributed by atoms with E-state index >= 15 is 0 Å². The van der Waals surface area contributed by atoms with Crippen LogP contribution >= 0.6 is 0 Å². The summed E-state index contributed by atoms with van der Waals surface area (Å²) in [7, 11) is 0. The number of carbonyl (C=O) groups is 1. The molecule has 0 spiro atoms. The van der Waals surface area contributed by atoms with Gasteiger partial charge >= 0.3 is 0 Å².